The van der Waals surface area contributed by atoms with Gasteiger partial charge in [-0.05, 0) is 49.2 Å². The van der Waals surface area contributed by atoms with Gasteiger partial charge in [-0.2, -0.15) is 0 Å². The number of nitrogens with zero attached hydrogens (tertiary/aromatic N) is 2. The summed E-state index contributed by atoms with van der Waals surface area (Å²) in [5, 5.41) is 0. The number of ether oxygens (including phenoxy) is 2. The first kappa shape index (κ1) is 19.3. The average Bonchev–Trinajstić information content (AvgIpc) is 3.47. The fraction of sp³-hybridized carbons (Fsp3) is 0.292. The Morgan fingerprint density at radius 1 is 1.14 bits per heavy atom. The van der Waals surface area contributed by atoms with Crippen LogP contribution in [-0.4, -0.2) is 41.7 Å². The van der Waals surface area contributed by atoms with Crippen LogP contribution in [0, 0.1) is 0 Å². The van der Waals surface area contributed by atoms with E-state index in [1.54, 1.807) is 7.11 Å². The molecular weight excluding hydrogens is 364 g/mol. The molecule has 0 bridgehead atoms. The molecule has 0 N–H and O–H groups in total. The maximum Gasteiger partial charge on any atom is 0.254 e. The van der Waals surface area contributed by atoms with Crippen molar-refractivity contribution in [2.24, 2.45) is 0 Å². The molecule has 5 heteroatoms. The zero-order valence-corrected chi connectivity index (χ0v) is 16.7. The minimum absolute atomic E-state index is 0.000382. The van der Waals surface area contributed by atoms with Gasteiger partial charge in [-0.15, -0.1) is 0 Å². The number of methoxy groups -OCH3 is 1. The number of amides is 1. The van der Waals surface area contributed by atoms with E-state index >= 15 is 0 Å². The van der Waals surface area contributed by atoms with Crippen LogP contribution < -0.4 is 4.74 Å². The van der Waals surface area contributed by atoms with Gasteiger partial charge in [0.1, 0.15) is 5.75 Å². The Labute approximate surface area is 171 Å². The van der Waals surface area contributed by atoms with Crippen LogP contribution >= 0.6 is 0 Å². The summed E-state index contributed by atoms with van der Waals surface area (Å²) in [5.74, 6) is 0.791. The van der Waals surface area contributed by atoms with Gasteiger partial charge < -0.3 is 18.9 Å². The van der Waals surface area contributed by atoms with Crippen LogP contribution in [0.2, 0.25) is 0 Å². The topological polar surface area (TPSA) is 43.7 Å². The van der Waals surface area contributed by atoms with Crippen molar-refractivity contribution in [3.8, 4) is 11.4 Å². The molecule has 29 heavy (non-hydrogen) atoms. The quantitative estimate of drug-likeness (QED) is 0.604. The summed E-state index contributed by atoms with van der Waals surface area (Å²) >= 11 is 0. The van der Waals surface area contributed by atoms with Gasteiger partial charge in [-0.1, -0.05) is 24.3 Å². The first-order chi connectivity index (χ1) is 14.2. The van der Waals surface area contributed by atoms with E-state index in [1.165, 1.54) is 0 Å². The van der Waals surface area contributed by atoms with Gasteiger partial charge in [0.25, 0.3) is 5.91 Å². The molecule has 2 heterocycles. The maximum atomic E-state index is 13.5. The van der Waals surface area contributed by atoms with Gasteiger partial charge in [0, 0.05) is 48.9 Å². The summed E-state index contributed by atoms with van der Waals surface area (Å²) in [6, 6.07) is 19.5. The highest BCUT2D eigenvalue weighted by Gasteiger charge is 2.24. The Hall–Kier alpha value is -3.05. The normalized spacial score (nSPS) is 16.0. The Morgan fingerprint density at radius 2 is 1.97 bits per heavy atom. The third-order valence-electron chi connectivity index (χ3n) is 5.28. The van der Waals surface area contributed by atoms with E-state index in [0.29, 0.717) is 18.7 Å². The van der Waals surface area contributed by atoms with Crippen LogP contribution in [0.25, 0.3) is 5.69 Å². The molecule has 1 aliphatic heterocycles. The number of aromatic nitrogens is 1. The summed E-state index contributed by atoms with van der Waals surface area (Å²) in [4.78, 5) is 15.4. The SMILES string of the molecule is COc1ccccc1CN(CC1CCCO1)C(=O)c1cccc(-n2cccc2)c1. The van der Waals surface area contributed by atoms with E-state index in [9.17, 15) is 4.79 Å². The summed E-state index contributed by atoms with van der Waals surface area (Å²) in [5.41, 5.74) is 2.63. The first-order valence-corrected chi connectivity index (χ1v) is 10.0. The van der Waals surface area contributed by atoms with Crippen molar-refractivity contribution in [2.45, 2.75) is 25.5 Å². The van der Waals surface area contributed by atoms with Crippen LogP contribution in [0.5, 0.6) is 5.75 Å². The molecule has 0 radical (unpaired) electrons. The second-order valence-corrected chi connectivity index (χ2v) is 7.27. The lowest BCUT2D eigenvalue weighted by atomic mass is 10.1. The molecule has 4 rings (SSSR count). The number of para-hydroxylation sites is 1. The molecule has 5 nitrogen and oxygen atoms in total. The molecule has 150 valence electrons. The predicted octanol–water partition coefficient (Wildman–Crippen LogP) is 4.31. The van der Waals surface area contributed by atoms with Crippen LogP contribution in [0.3, 0.4) is 0 Å². The van der Waals surface area contributed by atoms with E-state index in [1.807, 2.05) is 82.5 Å². The summed E-state index contributed by atoms with van der Waals surface area (Å²) in [6.07, 6.45) is 6.07. The number of hydrogen-bond acceptors (Lipinski definition) is 3. The number of carbonyl (C=O) groups excluding carboxylic acids is 1. The van der Waals surface area contributed by atoms with Crippen molar-refractivity contribution < 1.29 is 14.3 Å². The smallest absolute Gasteiger partial charge is 0.254 e. The molecule has 3 aromatic rings. The molecule has 1 atom stereocenters. The third kappa shape index (κ3) is 4.51. The predicted molar refractivity (Wildman–Crippen MR) is 112 cm³/mol. The lowest BCUT2D eigenvalue weighted by Crippen LogP contribution is -2.37. The van der Waals surface area contributed by atoms with Crippen molar-refractivity contribution in [2.75, 3.05) is 20.3 Å². The van der Waals surface area contributed by atoms with Crippen LogP contribution in [0.15, 0.2) is 73.1 Å². The van der Waals surface area contributed by atoms with E-state index < -0.39 is 0 Å². The van der Waals surface area contributed by atoms with Crippen molar-refractivity contribution in [3.05, 3.63) is 84.2 Å². The Bertz CT molecular complexity index is 946. The Morgan fingerprint density at radius 3 is 2.72 bits per heavy atom. The van der Waals surface area contributed by atoms with Gasteiger partial charge in [0.2, 0.25) is 0 Å². The molecular formula is C24H26N2O3. The Balaban J connectivity index is 1.61. The molecule has 0 aliphatic carbocycles. The number of rotatable bonds is 7. The minimum atomic E-state index is 0.000382. The number of hydrogen-bond donors (Lipinski definition) is 0. The monoisotopic (exact) mass is 390 g/mol. The molecule has 0 saturated carbocycles. The zero-order chi connectivity index (χ0) is 20.1. The van der Waals surface area contributed by atoms with Gasteiger partial charge in [0.05, 0.1) is 13.2 Å². The summed E-state index contributed by atoms with van der Waals surface area (Å²) in [7, 11) is 1.66. The highest BCUT2D eigenvalue weighted by molar-refractivity contribution is 5.94. The number of carbonyl (C=O) groups is 1. The molecule has 0 spiro atoms. The van der Waals surface area contributed by atoms with Crippen LogP contribution in [0.4, 0.5) is 0 Å². The Kier molecular flexibility index (Phi) is 5.96. The molecule has 1 unspecified atom stereocenters. The fourth-order valence-corrected chi connectivity index (χ4v) is 3.78. The lowest BCUT2D eigenvalue weighted by Gasteiger charge is -2.26. The molecule has 2 aromatic carbocycles. The van der Waals surface area contributed by atoms with Crippen LogP contribution in [0.1, 0.15) is 28.8 Å². The van der Waals surface area contributed by atoms with E-state index in [2.05, 4.69) is 0 Å². The lowest BCUT2D eigenvalue weighted by molar-refractivity contribution is 0.0505. The summed E-state index contributed by atoms with van der Waals surface area (Å²) < 4.78 is 13.3. The molecule has 1 saturated heterocycles. The highest BCUT2D eigenvalue weighted by atomic mass is 16.5. The minimum Gasteiger partial charge on any atom is -0.496 e. The largest absolute Gasteiger partial charge is 0.496 e. The van der Waals surface area contributed by atoms with E-state index in [-0.39, 0.29) is 12.0 Å². The van der Waals surface area contributed by atoms with Gasteiger partial charge in [-0.3, -0.25) is 4.79 Å². The van der Waals surface area contributed by atoms with E-state index in [0.717, 1.165) is 36.4 Å². The van der Waals surface area contributed by atoms with Crippen molar-refractivity contribution >= 4 is 5.91 Å². The maximum absolute atomic E-state index is 13.5. The van der Waals surface area contributed by atoms with Gasteiger partial charge >= 0.3 is 0 Å². The first-order valence-electron chi connectivity index (χ1n) is 10.0. The van der Waals surface area contributed by atoms with Gasteiger partial charge in [0.15, 0.2) is 0 Å². The summed E-state index contributed by atoms with van der Waals surface area (Å²) in [6.45, 7) is 1.82. The van der Waals surface area contributed by atoms with Crippen molar-refractivity contribution in [3.63, 3.8) is 0 Å². The zero-order valence-electron chi connectivity index (χ0n) is 16.7. The standard InChI is InChI=1S/C24H26N2O3/c1-28-23-12-3-2-8-20(23)17-26(18-22-11-7-15-29-22)24(27)19-9-6-10-21(16-19)25-13-4-5-14-25/h2-6,8-10,12-14,16,22H,7,11,15,17-18H2,1H3. The molecule has 1 aliphatic rings. The van der Waals surface area contributed by atoms with Crippen LogP contribution in [-0.2, 0) is 11.3 Å². The third-order valence-corrected chi connectivity index (χ3v) is 5.28. The second kappa shape index (κ2) is 8.97. The van der Waals surface area contributed by atoms with E-state index in [4.69, 9.17) is 9.47 Å². The second-order valence-electron chi connectivity index (χ2n) is 7.27. The highest BCUT2D eigenvalue weighted by Crippen LogP contribution is 2.23. The molecule has 1 aromatic heterocycles. The molecule has 1 amide bonds. The van der Waals surface area contributed by atoms with Crippen molar-refractivity contribution in [1.82, 2.24) is 9.47 Å². The van der Waals surface area contributed by atoms with Gasteiger partial charge in [-0.25, -0.2) is 0 Å². The molecule has 1 fully saturated rings. The van der Waals surface area contributed by atoms with Crippen molar-refractivity contribution in [1.29, 1.82) is 0 Å². The fourth-order valence-electron chi connectivity index (χ4n) is 3.78. The average molecular weight is 390 g/mol. The number of benzene rings is 2.